The summed E-state index contributed by atoms with van der Waals surface area (Å²) in [4.78, 5) is 28.1. The van der Waals surface area contributed by atoms with Crippen LogP contribution in [0.1, 0.15) is 54.2 Å². The molecule has 0 aliphatic heterocycles. The van der Waals surface area contributed by atoms with Crippen molar-refractivity contribution in [2.24, 2.45) is 5.92 Å². The van der Waals surface area contributed by atoms with E-state index in [0.717, 1.165) is 23.9 Å². The molecule has 2 aliphatic carbocycles. The van der Waals surface area contributed by atoms with E-state index in [9.17, 15) is 31.5 Å². The van der Waals surface area contributed by atoms with Crippen LogP contribution in [0.15, 0.2) is 73.3 Å². The van der Waals surface area contributed by atoms with Crippen molar-refractivity contribution in [1.29, 1.82) is 5.41 Å². The zero-order valence-corrected chi connectivity index (χ0v) is 27.4. The molecule has 0 saturated heterocycles. The molecule has 2 fully saturated rings. The molecule has 2 aliphatic rings. The lowest BCUT2D eigenvalue weighted by molar-refractivity contribution is -0.164. The first-order valence-corrected chi connectivity index (χ1v) is 16.1. The van der Waals surface area contributed by atoms with E-state index in [0.29, 0.717) is 27.1 Å². The molecule has 2 aromatic carbocycles. The third kappa shape index (κ3) is 8.15. The molecule has 17 heteroatoms. The Morgan fingerprint density at radius 2 is 1.86 bits per heavy atom. The number of rotatable bonds is 10. The number of carbonyl (C=O) groups excluding carboxylic acids is 2. The van der Waals surface area contributed by atoms with E-state index in [2.05, 4.69) is 27.4 Å². The number of nitrogens with zero attached hydrogens (tertiary/aromatic N) is 5. The number of carbonyl (C=O) groups is 2. The van der Waals surface area contributed by atoms with Crippen LogP contribution < -0.4 is 10.6 Å². The van der Waals surface area contributed by atoms with Gasteiger partial charge in [0.05, 0.1) is 29.5 Å². The molecule has 2 saturated carbocycles. The molecule has 1 atom stereocenters. The number of halogens is 6. The molecule has 0 radical (unpaired) electrons. The number of amides is 2. The van der Waals surface area contributed by atoms with Crippen LogP contribution in [0, 0.1) is 23.2 Å². The van der Waals surface area contributed by atoms with Crippen molar-refractivity contribution in [2.75, 3.05) is 13.2 Å². The molecular weight excluding hydrogens is 699 g/mol. The highest BCUT2D eigenvalue weighted by Gasteiger charge is 2.64. The summed E-state index contributed by atoms with van der Waals surface area (Å²) in [5.74, 6) is 5.05. The van der Waals surface area contributed by atoms with E-state index in [1.54, 1.807) is 18.3 Å². The highest BCUT2D eigenvalue weighted by molar-refractivity contribution is 6.32. The fourth-order valence-electron chi connectivity index (χ4n) is 5.21. The maximum Gasteiger partial charge on any atom is 0.411 e. The summed E-state index contributed by atoms with van der Waals surface area (Å²) in [6.07, 6.45) is 0.817. The summed E-state index contributed by atoms with van der Waals surface area (Å²) in [5.41, 5.74) is -0.824. The fraction of sp³-hybridized carbons (Fsp3) is 0.324. The molecule has 11 nitrogen and oxygen atoms in total. The monoisotopic (exact) mass is 728 g/mol. The van der Waals surface area contributed by atoms with Crippen LogP contribution in [-0.4, -0.2) is 67.3 Å². The van der Waals surface area contributed by atoms with Gasteiger partial charge >= 0.3 is 18.8 Å². The smallest absolute Gasteiger partial charge is 0.411 e. The standard InChI is InChI=1S/C34H30ClF5N8O3/c35-26-11-10-24(17-27(26)46-16-2-15-43-46)28(20-51-32(50)45-33(12-13-33)34(38,39)40)48(31(41)42-14-1-3-21-4-5-21)29(49)23-8-6-22(7-9-23)25-18-44-47(19-25)30(36)37/h2,6-11,15-19,21,28,30H,4-5,12-14,20H2,(H2,41,42)(H,45,50)/t28-/m1/s1. The lowest BCUT2D eigenvalue weighted by Crippen LogP contribution is -2.50. The van der Waals surface area contributed by atoms with Gasteiger partial charge in [-0.2, -0.15) is 32.1 Å². The van der Waals surface area contributed by atoms with Gasteiger partial charge in [0.15, 0.2) is 5.96 Å². The molecule has 2 heterocycles. The number of hydrogen-bond acceptors (Lipinski definition) is 6. The Morgan fingerprint density at radius 3 is 2.47 bits per heavy atom. The summed E-state index contributed by atoms with van der Waals surface area (Å²) in [6.45, 7) is -3.52. The van der Waals surface area contributed by atoms with Crippen LogP contribution >= 0.6 is 11.6 Å². The van der Waals surface area contributed by atoms with Gasteiger partial charge in [-0.25, -0.2) is 14.2 Å². The molecule has 266 valence electrons. The van der Waals surface area contributed by atoms with E-state index < -0.39 is 48.9 Å². The minimum Gasteiger partial charge on any atom is -0.447 e. The van der Waals surface area contributed by atoms with E-state index in [1.165, 1.54) is 53.5 Å². The number of ether oxygens (including phenoxy) is 1. The second-order valence-electron chi connectivity index (χ2n) is 12.0. The maximum absolute atomic E-state index is 14.3. The summed E-state index contributed by atoms with van der Waals surface area (Å²) in [7, 11) is 0. The van der Waals surface area contributed by atoms with Gasteiger partial charge in [0, 0.05) is 35.6 Å². The van der Waals surface area contributed by atoms with Crippen molar-refractivity contribution in [2.45, 2.75) is 50.0 Å². The van der Waals surface area contributed by atoms with Crippen molar-refractivity contribution in [3.05, 3.63) is 89.5 Å². The quantitative estimate of drug-likeness (QED) is 0.0719. The van der Waals surface area contributed by atoms with Gasteiger partial charge in [-0.15, -0.1) is 0 Å². The Balaban J connectivity index is 1.34. The van der Waals surface area contributed by atoms with Gasteiger partial charge in [-0.3, -0.25) is 15.1 Å². The highest BCUT2D eigenvalue weighted by Crippen LogP contribution is 2.49. The van der Waals surface area contributed by atoms with Crippen LogP contribution in [0.5, 0.6) is 0 Å². The summed E-state index contributed by atoms with van der Waals surface area (Å²) < 4.78 is 74.3. The Bertz CT molecular complexity index is 1960. The average molecular weight is 729 g/mol. The van der Waals surface area contributed by atoms with Gasteiger partial charge in [0.1, 0.15) is 12.1 Å². The fourth-order valence-corrected chi connectivity index (χ4v) is 5.41. The minimum atomic E-state index is -4.69. The molecule has 4 aromatic rings. The average Bonchev–Trinajstić information content (AvgIpc) is 3.96. The van der Waals surface area contributed by atoms with Crippen LogP contribution in [-0.2, 0) is 4.74 Å². The number of guanidine groups is 1. The van der Waals surface area contributed by atoms with Gasteiger partial charge in [-0.1, -0.05) is 41.6 Å². The number of alkyl carbamates (subject to hydrolysis) is 1. The summed E-state index contributed by atoms with van der Waals surface area (Å²) in [5, 5.41) is 21.8. The molecule has 2 aromatic heterocycles. The highest BCUT2D eigenvalue weighted by atomic mass is 35.5. The van der Waals surface area contributed by atoms with Gasteiger partial charge in [0.2, 0.25) is 0 Å². The van der Waals surface area contributed by atoms with E-state index in [4.69, 9.17) is 21.7 Å². The zero-order chi connectivity index (χ0) is 36.3. The normalized spacial score (nSPS) is 15.4. The lowest BCUT2D eigenvalue weighted by Gasteiger charge is -2.32. The van der Waals surface area contributed by atoms with Crippen LogP contribution in [0.2, 0.25) is 5.02 Å². The topological polar surface area (TPSA) is 130 Å². The molecule has 6 rings (SSSR count). The Kier molecular flexibility index (Phi) is 10.0. The van der Waals surface area contributed by atoms with Crippen LogP contribution in [0.3, 0.4) is 0 Å². The zero-order valence-electron chi connectivity index (χ0n) is 26.6. The maximum atomic E-state index is 14.3. The first kappa shape index (κ1) is 35.4. The summed E-state index contributed by atoms with van der Waals surface area (Å²) in [6, 6.07) is 10.9. The predicted molar refractivity (Wildman–Crippen MR) is 175 cm³/mol. The molecular formula is C34H30ClF5N8O3. The first-order valence-electron chi connectivity index (χ1n) is 15.7. The Hall–Kier alpha value is -5.43. The number of benzene rings is 2. The molecule has 0 unspecified atom stereocenters. The number of aromatic nitrogens is 4. The molecule has 51 heavy (non-hydrogen) atoms. The van der Waals surface area contributed by atoms with E-state index in [-0.39, 0.29) is 35.9 Å². The molecule has 0 spiro atoms. The Morgan fingerprint density at radius 1 is 1.12 bits per heavy atom. The third-order valence-corrected chi connectivity index (χ3v) is 8.70. The largest absolute Gasteiger partial charge is 0.447 e. The van der Waals surface area contributed by atoms with Crippen molar-refractivity contribution in [3.8, 4) is 28.7 Å². The van der Waals surface area contributed by atoms with Gasteiger partial charge in [0.25, 0.3) is 5.91 Å². The van der Waals surface area contributed by atoms with Crippen LogP contribution in [0.25, 0.3) is 16.8 Å². The van der Waals surface area contributed by atoms with Crippen molar-refractivity contribution < 1.29 is 36.3 Å². The minimum absolute atomic E-state index is 0.00645. The number of nitrogens with one attached hydrogen (secondary N) is 3. The molecule has 2 amide bonds. The van der Waals surface area contributed by atoms with E-state index in [1.807, 2.05) is 5.32 Å². The summed E-state index contributed by atoms with van der Waals surface area (Å²) >= 11 is 6.48. The van der Waals surface area contributed by atoms with Gasteiger partial charge < -0.3 is 15.4 Å². The van der Waals surface area contributed by atoms with Crippen molar-refractivity contribution >= 4 is 29.6 Å². The Labute approximate surface area is 293 Å². The van der Waals surface area contributed by atoms with Crippen molar-refractivity contribution in [3.63, 3.8) is 0 Å². The van der Waals surface area contributed by atoms with Crippen molar-refractivity contribution in [1.82, 2.24) is 35.1 Å². The second-order valence-corrected chi connectivity index (χ2v) is 12.4. The van der Waals surface area contributed by atoms with E-state index >= 15 is 0 Å². The second kappa shape index (κ2) is 14.4. The molecule has 3 N–H and O–H groups in total. The third-order valence-electron chi connectivity index (χ3n) is 8.38. The predicted octanol–water partition coefficient (Wildman–Crippen LogP) is 6.73. The first-order chi connectivity index (χ1) is 24.3. The van der Waals surface area contributed by atoms with Gasteiger partial charge in [-0.05, 0) is 67.1 Å². The van der Waals surface area contributed by atoms with Crippen LogP contribution in [0.4, 0.5) is 26.7 Å². The molecule has 0 bridgehead atoms. The number of hydrogen-bond donors (Lipinski definition) is 3. The number of alkyl halides is 5. The SMILES string of the molecule is N=C(NCC#CC1CC1)N(C(=O)c1ccc(-c2cnn(C(F)F)c2)cc1)[C@H](COC(=O)NC1(C(F)(F)F)CC1)c1ccc(Cl)c(-n2cccn2)c1. The lowest BCUT2D eigenvalue weighted by atomic mass is 10.0.